The van der Waals surface area contributed by atoms with Crippen molar-refractivity contribution in [3.63, 3.8) is 0 Å². The van der Waals surface area contributed by atoms with Crippen LogP contribution in [0.4, 0.5) is 0 Å². The highest BCUT2D eigenvalue weighted by Crippen LogP contribution is 2.28. The van der Waals surface area contributed by atoms with E-state index in [1.165, 1.54) is 5.56 Å². The van der Waals surface area contributed by atoms with Crippen LogP contribution in [0.15, 0.2) is 24.3 Å². The van der Waals surface area contributed by atoms with Gasteiger partial charge < -0.3 is 4.74 Å². The van der Waals surface area contributed by atoms with Crippen molar-refractivity contribution < 1.29 is 4.74 Å². The van der Waals surface area contributed by atoms with E-state index in [0.29, 0.717) is 17.0 Å². The van der Waals surface area contributed by atoms with Gasteiger partial charge in [0.25, 0.3) is 5.88 Å². The molecule has 17 heavy (non-hydrogen) atoms. The van der Waals surface area contributed by atoms with Crippen LogP contribution in [0.1, 0.15) is 31.7 Å². The molecule has 1 atom stereocenters. The fourth-order valence-corrected chi connectivity index (χ4v) is 2.05. The lowest BCUT2D eigenvalue weighted by atomic mass is 9.99. The molecule has 0 saturated heterocycles. The minimum Gasteiger partial charge on any atom is -0.436 e. The van der Waals surface area contributed by atoms with Crippen LogP contribution in [0, 0.1) is 0 Å². The molecule has 0 saturated carbocycles. The second-order valence-electron chi connectivity index (χ2n) is 3.84. The number of halogens is 1. The van der Waals surface area contributed by atoms with Crippen LogP contribution < -0.4 is 4.74 Å². The molecular weight excluding hydrogens is 256 g/mol. The first-order valence-corrected chi connectivity index (χ1v) is 6.57. The number of aromatic nitrogens is 2. The van der Waals surface area contributed by atoms with Gasteiger partial charge in [0.2, 0.25) is 5.15 Å². The third kappa shape index (κ3) is 2.96. The lowest BCUT2D eigenvalue weighted by Gasteiger charge is -2.09. The third-order valence-corrected chi connectivity index (χ3v) is 3.56. The van der Waals surface area contributed by atoms with Gasteiger partial charge in [0.05, 0.1) is 11.7 Å². The summed E-state index contributed by atoms with van der Waals surface area (Å²) in [4.78, 5) is 0. The summed E-state index contributed by atoms with van der Waals surface area (Å²) in [6.45, 7) is 4.38. The van der Waals surface area contributed by atoms with Gasteiger partial charge in [0.15, 0.2) is 0 Å². The van der Waals surface area contributed by atoms with Crippen molar-refractivity contribution in [2.24, 2.45) is 0 Å². The summed E-state index contributed by atoms with van der Waals surface area (Å²) >= 11 is 6.85. The van der Waals surface area contributed by atoms with E-state index >= 15 is 0 Å². The van der Waals surface area contributed by atoms with Crippen LogP contribution in [0.3, 0.4) is 0 Å². The smallest absolute Gasteiger partial charge is 0.270 e. The van der Waals surface area contributed by atoms with Gasteiger partial charge in [-0.3, -0.25) is 0 Å². The maximum absolute atomic E-state index is 5.81. The molecule has 0 fully saturated rings. The number of hydrogen-bond acceptors (Lipinski definition) is 4. The van der Waals surface area contributed by atoms with Crippen molar-refractivity contribution in [3.8, 4) is 11.6 Å². The molecule has 0 N–H and O–H groups in total. The fourth-order valence-electron chi connectivity index (χ4n) is 1.44. The molecule has 0 spiro atoms. The Balaban J connectivity index is 2.11. The Morgan fingerprint density at radius 2 is 2.00 bits per heavy atom. The molecule has 0 radical (unpaired) electrons. The number of nitrogens with zero attached hydrogens (tertiary/aromatic N) is 2. The van der Waals surface area contributed by atoms with Gasteiger partial charge in [-0.15, -0.1) is 4.37 Å². The van der Waals surface area contributed by atoms with E-state index in [2.05, 4.69) is 34.7 Å². The average molecular weight is 269 g/mol. The Bertz CT molecular complexity index is 484. The van der Waals surface area contributed by atoms with Gasteiger partial charge in [0.1, 0.15) is 5.75 Å². The molecule has 1 aromatic heterocycles. The zero-order chi connectivity index (χ0) is 12.3. The van der Waals surface area contributed by atoms with E-state index < -0.39 is 0 Å². The average Bonchev–Trinajstić information content (AvgIpc) is 2.75. The van der Waals surface area contributed by atoms with Crippen LogP contribution in [0.25, 0.3) is 0 Å². The predicted octanol–water partition coefficient (Wildman–Crippen LogP) is 4.50. The first-order chi connectivity index (χ1) is 8.20. The number of rotatable bonds is 4. The Morgan fingerprint density at radius 1 is 1.29 bits per heavy atom. The van der Waals surface area contributed by atoms with E-state index in [4.69, 9.17) is 16.3 Å². The van der Waals surface area contributed by atoms with Crippen molar-refractivity contribution in [2.75, 3.05) is 0 Å². The SMILES string of the molecule is CCC(C)c1ccc(Oc2nsnc2Cl)cc1. The van der Waals surface area contributed by atoms with Crippen LogP contribution in [-0.4, -0.2) is 8.75 Å². The molecular formula is C12H13ClN2OS. The molecule has 5 heteroatoms. The van der Waals surface area contributed by atoms with Crippen molar-refractivity contribution in [3.05, 3.63) is 35.0 Å². The lowest BCUT2D eigenvalue weighted by molar-refractivity contribution is 0.467. The molecule has 0 aliphatic heterocycles. The summed E-state index contributed by atoms with van der Waals surface area (Å²) in [6, 6.07) is 7.99. The summed E-state index contributed by atoms with van der Waals surface area (Å²) in [5, 5.41) is 0.306. The highest BCUT2D eigenvalue weighted by molar-refractivity contribution is 6.99. The molecule has 0 amide bonds. The highest BCUT2D eigenvalue weighted by Gasteiger charge is 2.08. The lowest BCUT2D eigenvalue weighted by Crippen LogP contribution is -1.91. The minimum absolute atomic E-state index is 0.306. The molecule has 1 unspecified atom stereocenters. The van der Waals surface area contributed by atoms with Crippen LogP contribution >= 0.6 is 23.3 Å². The summed E-state index contributed by atoms with van der Waals surface area (Å²) < 4.78 is 13.3. The van der Waals surface area contributed by atoms with Gasteiger partial charge in [-0.2, -0.15) is 4.37 Å². The number of hydrogen-bond donors (Lipinski definition) is 0. The normalized spacial score (nSPS) is 12.4. The predicted molar refractivity (Wildman–Crippen MR) is 70.1 cm³/mol. The largest absolute Gasteiger partial charge is 0.436 e. The Labute approximate surface area is 110 Å². The zero-order valence-corrected chi connectivity index (χ0v) is 11.3. The first kappa shape index (κ1) is 12.3. The van der Waals surface area contributed by atoms with Crippen molar-refractivity contribution in [1.82, 2.24) is 8.75 Å². The maximum atomic E-state index is 5.81. The van der Waals surface area contributed by atoms with Crippen LogP contribution in [0.5, 0.6) is 11.6 Å². The summed E-state index contributed by atoms with van der Waals surface area (Å²) in [5.41, 5.74) is 1.31. The van der Waals surface area contributed by atoms with E-state index in [1.54, 1.807) is 0 Å². The van der Waals surface area contributed by atoms with Gasteiger partial charge in [0, 0.05) is 0 Å². The van der Waals surface area contributed by atoms with Crippen molar-refractivity contribution in [1.29, 1.82) is 0 Å². The fraction of sp³-hybridized carbons (Fsp3) is 0.333. The number of ether oxygens (including phenoxy) is 1. The first-order valence-electron chi connectivity index (χ1n) is 5.46. The van der Waals surface area contributed by atoms with E-state index in [9.17, 15) is 0 Å². The van der Waals surface area contributed by atoms with Crippen LogP contribution in [-0.2, 0) is 0 Å². The molecule has 90 valence electrons. The Kier molecular flexibility index (Phi) is 3.97. The standard InChI is InChI=1S/C12H13ClN2OS/c1-3-8(2)9-4-6-10(7-5-9)16-12-11(13)14-17-15-12/h4-8H,3H2,1-2H3. The van der Waals surface area contributed by atoms with Gasteiger partial charge in [-0.25, -0.2) is 0 Å². The molecule has 0 aliphatic carbocycles. The minimum atomic E-state index is 0.306. The number of benzene rings is 1. The van der Waals surface area contributed by atoms with E-state index in [0.717, 1.165) is 23.9 Å². The van der Waals surface area contributed by atoms with E-state index in [-0.39, 0.29) is 0 Å². The summed E-state index contributed by atoms with van der Waals surface area (Å²) in [7, 11) is 0. The van der Waals surface area contributed by atoms with E-state index in [1.807, 2.05) is 12.1 Å². The Hall–Kier alpha value is -1.13. The maximum Gasteiger partial charge on any atom is 0.270 e. The molecule has 0 aliphatic rings. The molecule has 2 rings (SSSR count). The monoisotopic (exact) mass is 268 g/mol. The molecule has 0 bridgehead atoms. The molecule has 3 nitrogen and oxygen atoms in total. The van der Waals surface area contributed by atoms with Gasteiger partial charge >= 0.3 is 0 Å². The van der Waals surface area contributed by atoms with Gasteiger partial charge in [-0.1, -0.05) is 37.6 Å². The molecule has 2 aromatic rings. The summed E-state index contributed by atoms with van der Waals surface area (Å²) in [6.07, 6.45) is 1.13. The second kappa shape index (κ2) is 5.47. The Morgan fingerprint density at radius 3 is 2.53 bits per heavy atom. The van der Waals surface area contributed by atoms with Crippen molar-refractivity contribution in [2.45, 2.75) is 26.2 Å². The topological polar surface area (TPSA) is 35.0 Å². The molecule has 1 aromatic carbocycles. The summed E-state index contributed by atoms with van der Waals surface area (Å²) in [5.74, 6) is 1.66. The van der Waals surface area contributed by atoms with Gasteiger partial charge in [-0.05, 0) is 30.0 Å². The highest BCUT2D eigenvalue weighted by atomic mass is 35.5. The molecule has 1 heterocycles. The second-order valence-corrected chi connectivity index (χ2v) is 4.73. The van der Waals surface area contributed by atoms with Crippen molar-refractivity contribution >= 4 is 23.3 Å². The third-order valence-electron chi connectivity index (χ3n) is 2.70. The quantitative estimate of drug-likeness (QED) is 0.819. The zero-order valence-electron chi connectivity index (χ0n) is 9.68. The van der Waals surface area contributed by atoms with Crippen LogP contribution in [0.2, 0.25) is 5.15 Å².